The van der Waals surface area contributed by atoms with Crippen molar-refractivity contribution in [2.75, 3.05) is 7.11 Å². The maximum atomic E-state index is 5.50. The first-order valence-corrected chi connectivity index (χ1v) is 8.26. The summed E-state index contributed by atoms with van der Waals surface area (Å²) in [6, 6.07) is 8.03. The molecule has 1 aromatic carbocycles. The maximum Gasteiger partial charge on any atom is 0.122 e. The minimum Gasteiger partial charge on any atom is -0.496 e. The third-order valence-corrected chi connectivity index (χ3v) is 5.35. The summed E-state index contributed by atoms with van der Waals surface area (Å²) in [4.78, 5) is 0. The van der Waals surface area contributed by atoms with Gasteiger partial charge in [0.1, 0.15) is 5.75 Å². The van der Waals surface area contributed by atoms with Gasteiger partial charge in [-0.05, 0) is 74.0 Å². The third-order valence-electron chi connectivity index (χ3n) is 5.35. The van der Waals surface area contributed by atoms with E-state index in [-0.39, 0.29) is 0 Å². The largest absolute Gasteiger partial charge is 0.496 e. The van der Waals surface area contributed by atoms with Gasteiger partial charge in [-0.25, -0.2) is 0 Å². The molecule has 0 saturated heterocycles. The van der Waals surface area contributed by atoms with Crippen molar-refractivity contribution in [1.82, 2.24) is 5.32 Å². The van der Waals surface area contributed by atoms with Gasteiger partial charge in [-0.2, -0.15) is 0 Å². The van der Waals surface area contributed by atoms with Crippen molar-refractivity contribution in [2.24, 2.45) is 11.8 Å². The van der Waals surface area contributed by atoms with E-state index in [1.807, 2.05) is 0 Å². The molecule has 2 heteroatoms. The van der Waals surface area contributed by atoms with Crippen LogP contribution in [0.5, 0.6) is 5.75 Å². The van der Waals surface area contributed by atoms with Crippen LogP contribution >= 0.6 is 0 Å². The second-order valence-corrected chi connectivity index (χ2v) is 6.90. The number of ether oxygens (including phenoxy) is 1. The van der Waals surface area contributed by atoms with E-state index < -0.39 is 0 Å². The molecule has 108 valence electrons. The second-order valence-electron chi connectivity index (χ2n) is 6.90. The number of benzene rings is 1. The Morgan fingerprint density at radius 1 is 1.10 bits per heavy atom. The van der Waals surface area contributed by atoms with Gasteiger partial charge < -0.3 is 10.1 Å². The number of methoxy groups -OCH3 is 1. The molecule has 1 unspecified atom stereocenters. The molecule has 1 aromatic rings. The molecule has 0 heterocycles. The highest BCUT2D eigenvalue weighted by Gasteiger charge is 2.42. The van der Waals surface area contributed by atoms with Crippen LogP contribution in [-0.4, -0.2) is 19.2 Å². The van der Waals surface area contributed by atoms with E-state index in [2.05, 4.69) is 23.5 Å². The summed E-state index contributed by atoms with van der Waals surface area (Å²) in [5, 5.41) is 4.02. The van der Waals surface area contributed by atoms with Crippen molar-refractivity contribution in [1.29, 1.82) is 0 Å². The lowest BCUT2D eigenvalue weighted by Gasteiger charge is -2.31. The molecule has 2 nitrogen and oxygen atoms in total. The zero-order valence-corrected chi connectivity index (χ0v) is 12.4. The lowest BCUT2D eigenvalue weighted by Crippen LogP contribution is -2.44. The number of hydrogen-bond acceptors (Lipinski definition) is 2. The zero-order chi connectivity index (χ0) is 13.5. The molecule has 0 bridgehead atoms. The summed E-state index contributed by atoms with van der Waals surface area (Å²) < 4.78 is 5.50. The van der Waals surface area contributed by atoms with Crippen LogP contribution in [0.15, 0.2) is 18.2 Å². The van der Waals surface area contributed by atoms with Gasteiger partial charge in [-0.1, -0.05) is 12.1 Å². The third kappa shape index (κ3) is 2.46. The molecule has 3 aliphatic rings. The minimum atomic E-state index is 0.681. The van der Waals surface area contributed by atoms with Crippen LogP contribution in [0.3, 0.4) is 0 Å². The standard InChI is InChI=1S/C18H25NO/c1-20-17-4-2-3-14-11-15(9-10-16(14)17)19-18(12-5-6-12)13-7-8-13/h2-4,12-13,15,18-19H,5-11H2,1H3. The molecule has 0 spiro atoms. The second kappa shape index (κ2) is 5.07. The summed E-state index contributed by atoms with van der Waals surface area (Å²) in [6.45, 7) is 0. The normalized spacial score (nSPS) is 25.6. The van der Waals surface area contributed by atoms with Crippen molar-refractivity contribution in [3.63, 3.8) is 0 Å². The predicted molar refractivity (Wildman–Crippen MR) is 81.2 cm³/mol. The molecule has 0 radical (unpaired) electrons. The van der Waals surface area contributed by atoms with Gasteiger partial charge in [0, 0.05) is 12.1 Å². The van der Waals surface area contributed by atoms with Crippen LogP contribution in [0.4, 0.5) is 0 Å². The number of rotatable bonds is 5. The number of hydrogen-bond donors (Lipinski definition) is 1. The van der Waals surface area contributed by atoms with Gasteiger partial charge in [0.25, 0.3) is 0 Å². The maximum absolute atomic E-state index is 5.50. The van der Waals surface area contributed by atoms with Gasteiger partial charge in [0.05, 0.1) is 7.11 Å². The SMILES string of the molecule is COc1cccc2c1CCC(NC(C1CC1)C1CC1)C2. The lowest BCUT2D eigenvalue weighted by molar-refractivity contribution is 0.335. The molecule has 0 aliphatic heterocycles. The highest BCUT2D eigenvalue weighted by atomic mass is 16.5. The van der Waals surface area contributed by atoms with Crippen molar-refractivity contribution in [2.45, 2.75) is 57.0 Å². The highest BCUT2D eigenvalue weighted by molar-refractivity contribution is 5.42. The molecule has 0 amide bonds. The molecule has 4 rings (SSSR count). The Kier molecular flexibility index (Phi) is 3.22. The van der Waals surface area contributed by atoms with Crippen LogP contribution in [0.25, 0.3) is 0 Å². The van der Waals surface area contributed by atoms with Crippen molar-refractivity contribution >= 4 is 0 Å². The first-order chi connectivity index (χ1) is 9.85. The fourth-order valence-electron chi connectivity index (χ4n) is 3.95. The average Bonchev–Trinajstić information content (AvgIpc) is 3.37. The Balaban J connectivity index is 1.46. The van der Waals surface area contributed by atoms with E-state index in [9.17, 15) is 0 Å². The fourth-order valence-corrected chi connectivity index (χ4v) is 3.95. The first-order valence-electron chi connectivity index (χ1n) is 8.26. The van der Waals surface area contributed by atoms with Crippen LogP contribution in [0.2, 0.25) is 0 Å². The molecule has 1 atom stereocenters. The van der Waals surface area contributed by atoms with Crippen LogP contribution in [0, 0.1) is 11.8 Å². The highest BCUT2D eigenvalue weighted by Crippen LogP contribution is 2.45. The van der Waals surface area contributed by atoms with E-state index in [1.54, 1.807) is 7.11 Å². The topological polar surface area (TPSA) is 21.3 Å². The van der Waals surface area contributed by atoms with Gasteiger partial charge in [-0.15, -0.1) is 0 Å². The Hall–Kier alpha value is -1.02. The van der Waals surface area contributed by atoms with Crippen molar-refractivity contribution in [3.05, 3.63) is 29.3 Å². The van der Waals surface area contributed by atoms with Crippen molar-refractivity contribution < 1.29 is 4.74 Å². The van der Waals surface area contributed by atoms with E-state index in [1.165, 1.54) is 56.1 Å². The first kappa shape index (κ1) is 12.7. The van der Waals surface area contributed by atoms with Crippen LogP contribution in [-0.2, 0) is 12.8 Å². The monoisotopic (exact) mass is 271 g/mol. The summed E-state index contributed by atoms with van der Waals surface area (Å²) in [5.74, 6) is 3.07. The number of nitrogens with one attached hydrogen (secondary N) is 1. The van der Waals surface area contributed by atoms with E-state index in [0.717, 1.165) is 23.6 Å². The summed E-state index contributed by atoms with van der Waals surface area (Å²) in [7, 11) is 1.79. The summed E-state index contributed by atoms with van der Waals surface area (Å²) >= 11 is 0. The molecule has 3 aliphatic carbocycles. The molecular formula is C18H25NO. The smallest absolute Gasteiger partial charge is 0.122 e. The Morgan fingerprint density at radius 2 is 1.85 bits per heavy atom. The molecular weight excluding hydrogens is 246 g/mol. The summed E-state index contributed by atoms with van der Waals surface area (Å²) in [6.07, 6.45) is 9.47. The number of fused-ring (bicyclic) bond motifs is 1. The molecule has 2 fully saturated rings. The van der Waals surface area contributed by atoms with E-state index >= 15 is 0 Å². The van der Waals surface area contributed by atoms with Gasteiger partial charge in [0.15, 0.2) is 0 Å². The molecule has 20 heavy (non-hydrogen) atoms. The molecule has 0 aromatic heterocycles. The Bertz CT molecular complexity index is 478. The van der Waals surface area contributed by atoms with Gasteiger partial charge in [0.2, 0.25) is 0 Å². The van der Waals surface area contributed by atoms with Crippen LogP contribution < -0.4 is 10.1 Å². The average molecular weight is 271 g/mol. The quantitative estimate of drug-likeness (QED) is 0.887. The lowest BCUT2D eigenvalue weighted by atomic mass is 9.87. The zero-order valence-electron chi connectivity index (χ0n) is 12.4. The fraction of sp³-hybridized carbons (Fsp3) is 0.667. The predicted octanol–water partition coefficient (Wildman–Crippen LogP) is 3.33. The molecule has 1 N–H and O–H groups in total. The Morgan fingerprint density at radius 3 is 2.50 bits per heavy atom. The summed E-state index contributed by atoms with van der Waals surface area (Å²) in [5.41, 5.74) is 2.95. The Labute approximate surface area is 121 Å². The van der Waals surface area contributed by atoms with Gasteiger partial charge in [-0.3, -0.25) is 0 Å². The van der Waals surface area contributed by atoms with E-state index in [4.69, 9.17) is 4.74 Å². The minimum absolute atomic E-state index is 0.681. The van der Waals surface area contributed by atoms with Crippen LogP contribution in [0.1, 0.15) is 43.2 Å². The van der Waals surface area contributed by atoms with Crippen molar-refractivity contribution in [3.8, 4) is 5.75 Å². The molecule has 2 saturated carbocycles. The van der Waals surface area contributed by atoms with E-state index in [0.29, 0.717) is 6.04 Å². The van der Waals surface area contributed by atoms with Gasteiger partial charge >= 0.3 is 0 Å².